The fourth-order valence-electron chi connectivity index (χ4n) is 3.65. The Balaban J connectivity index is 2.99. The summed E-state index contributed by atoms with van der Waals surface area (Å²) in [6.07, 6.45) is 5.91. The van der Waals surface area contributed by atoms with Crippen LogP contribution < -0.4 is 0 Å². The van der Waals surface area contributed by atoms with E-state index in [2.05, 4.69) is 27.7 Å². The Morgan fingerprint density at radius 3 is 1.79 bits per heavy atom. The maximum atomic E-state index is 8.97. The van der Waals surface area contributed by atoms with Crippen molar-refractivity contribution in [1.29, 1.82) is 0 Å². The van der Waals surface area contributed by atoms with Gasteiger partial charge >= 0.3 is 0 Å². The average molecular weight is 274 g/mol. The van der Waals surface area contributed by atoms with E-state index in [1.165, 1.54) is 0 Å². The standard InChI is InChI=1S/C15H31NO3/c1-5-14(6-2)11-13(19-10-9-17)12-15(7-3,8-4)16(14)18/h13,17-18H,5-12H2,1-4H3/p+1. The Kier molecular flexibility index (Phi) is 6.24. The first kappa shape index (κ1) is 16.9. The van der Waals surface area contributed by atoms with Crippen LogP contribution in [0.1, 0.15) is 66.2 Å². The molecular weight excluding hydrogens is 242 g/mol. The molecule has 1 aliphatic rings. The summed E-state index contributed by atoms with van der Waals surface area (Å²) < 4.78 is 5.84. The second kappa shape index (κ2) is 7.02. The highest BCUT2D eigenvalue weighted by atomic mass is 16.5. The highest BCUT2D eigenvalue weighted by molar-refractivity contribution is 5.03. The van der Waals surface area contributed by atoms with Gasteiger partial charge in [-0.25, -0.2) is 0 Å². The van der Waals surface area contributed by atoms with Crippen LogP contribution in [0.2, 0.25) is 0 Å². The lowest BCUT2D eigenvalue weighted by atomic mass is 9.72. The molecule has 0 bridgehead atoms. The third-order valence-corrected chi connectivity index (χ3v) is 5.24. The minimum absolute atomic E-state index is 0.0790. The zero-order chi connectivity index (χ0) is 14.5. The summed E-state index contributed by atoms with van der Waals surface area (Å²) in [6.45, 7) is 9.20. The van der Waals surface area contributed by atoms with E-state index in [-0.39, 0.29) is 23.8 Å². The fraction of sp³-hybridized carbons (Fsp3) is 1.00. The summed E-state index contributed by atoms with van der Waals surface area (Å²) in [5.41, 5.74) is -0.158. The van der Waals surface area contributed by atoms with E-state index in [0.29, 0.717) is 6.61 Å². The predicted octanol–water partition coefficient (Wildman–Crippen LogP) is 2.22. The number of aliphatic hydroxyl groups excluding tert-OH is 1. The zero-order valence-corrected chi connectivity index (χ0v) is 13.0. The van der Waals surface area contributed by atoms with E-state index in [1.54, 1.807) is 0 Å². The summed E-state index contributed by atoms with van der Waals surface area (Å²) >= 11 is 0. The molecule has 4 heteroatoms. The maximum Gasteiger partial charge on any atom is 0.0910 e. The van der Waals surface area contributed by atoms with Gasteiger partial charge in [-0.1, -0.05) is 32.8 Å². The molecule has 19 heavy (non-hydrogen) atoms. The quantitative estimate of drug-likeness (QED) is 0.724. The Hall–Kier alpha value is -0.160. The van der Waals surface area contributed by atoms with Crippen LogP contribution in [0.3, 0.4) is 0 Å². The second-order valence-electron chi connectivity index (χ2n) is 5.82. The number of ether oxygens (including phenoxy) is 1. The van der Waals surface area contributed by atoms with Crippen molar-refractivity contribution in [1.82, 2.24) is 5.06 Å². The summed E-state index contributed by atoms with van der Waals surface area (Å²) in [7, 11) is 0. The van der Waals surface area contributed by atoms with E-state index >= 15 is 0 Å². The Morgan fingerprint density at radius 2 is 1.47 bits per heavy atom. The molecule has 0 aromatic rings. The Labute approximate surface area is 117 Å². The van der Waals surface area contributed by atoms with Crippen molar-refractivity contribution in [2.24, 2.45) is 0 Å². The van der Waals surface area contributed by atoms with Gasteiger partial charge in [0, 0.05) is 0 Å². The molecule has 1 fully saturated rings. The molecule has 1 saturated heterocycles. The highest BCUT2D eigenvalue weighted by Crippen LogP contribution is 2.45. The van der Waals surface area contributed by atoms with Gasteiger partial charge in [-0.2, -0.15) is 0 Å². The molecule has 114 valence electrons. The number of nitrogens with zero attached hydrogens (tertiary/aromatic N) is 1. The lowest BCUT2D eigenvalue weighted by Crippen LogP contribution is -2.64. The van der Waals surface area contributed by atoms with Crippen LogP contribution >= 0.6 is 0 Å². The van der Waals surface area contributed by atoms with Gasteiger partial charge in [0.1, 0.15) is 0 Å². The van der Waals surface area contributed by atoms with Crippen LogP contribution in [0.4, 0.5) is 0 Å². The molecule has 0 aromatic heterocycles. The van der Waals surface area contributed by atoms with Gasteiger partial charge in [-0.3, -0.25) is 0 Å². The number of piperidine rings is 1. The van der Waals surface area contributed by atoms with Crippen molar-refractivity contribution in [3.63, 3.8) is 0 Å². The van der Waals surface area contributed by atoms with Crippen molar-refractivity contribution in [3.05, 3.63) is 0 Å². The average Bonchev–Trinajstić information content (AvgIpc) is 2.46. The Morgan fingerprint density at radius 1 is 1.05 bits per heavy atom. The van der Waals surface area contributed by atoms with Crippen LogP contribution in [0.15, 0.2) is 0 Å². The van der Waals surface area contributed by atoms with E-state index < -0.39 is 0 Å². The highest BCUT2D eigenvalue weighted by Gasteiger charge is 2.54. The van der Waals surface area contributed by atoms with Crippen LogP contribution in [-0.4, -0.2) is 45.8 Å². The van der Waals surface area contributed by atoms with Gasteiger partial charge in [0.15, 0.2) is 0 Å². The Bertz CT molecular complexity index is 240. The summed E-state index contributed by atoms with van der Waals surface area (Å²) in [4.78, 5) is 0. The van der Waals surface area contributed by atoms with Crippen LogP contribution in [0, 0.1) is 0 Å². The molecule has 0 aromatic carbocycles. The molecule has 0 amide bonds. The van der Waals surface area contributed by atoms with Gasteiger partial charge < -0.3 is 15.1 Å². The number of hydroxylamine groups is 2. The van der Waals surface area contributed by atoms with E-state index in [0.717, 1.165) is 38.5 Å². The normalized spacial score (nSPS) is 23.7. The van der Waals surface area contributed by atoms with Gasteiger partial charge in [-0.15, -0.1) is 0 Å². The van der Waals surface area contributed by atoms with Gasteiger partial charge in [0.25, 0.3) is 0 Å². The molecule has 1 aliphatic heterocycles. The van der Waals surface area contributed by atoms with Gasteiger partial charge in [0.2, 0.25) is 0 Å². The van der Waals surface area contributed by atoms with E-state index in [1.807, 2.05) is 5.06 Å². The summed E-state index contributed by atoms with van der Waals surface area (Å²) in [5, 5.41) is 19.5. The van der Waals surface area contributed by atoms with Crippen LogP contribution in [0.25, 0.3) is 0 Å². The monoisotopic (exact) mass is 274 g/mol. The molecule has 3 N–H and O–H groups in total. The largest absolute Gasteiger partial charge is 0.394 e. The van der Waals surface area contributed by atoms with Crippen molar-refractivity contribution in [3.8, 4) is 0 Å². The van der Waals surface area contributed by atoms with Gasteiger partial charge in [-0.05, 0) is 38.5 Å². The topological polar surface area (TPSA) is 55.6 Å². The fourth-order valence-corrected chi connectivity index (χ4v) is 3.65. The lowest BCUT2D eigenvalue weighted by Gasteiger charge is -2.52. The van der Waals surface area contributed by atoms with Crippen molar-refractivity contribution in [2.45, 2.75) is 83.4 Å². The number of rotatable bonds is 7. The number of hydrogen-bond donors (Lipinski definition) is 1. The first-order valence-corrected chi connectivity index (χ1v) is 7.78. The predicted molar refractivity (Wildman–Crippen MR) is 78.1 cm³/mol. The third kappa shape index (κ3) is 3.13. The smallest absolute Gasteiger partial charge is 0.0910 e. The molecule has 4 nitrogen and oxygen atoms in total. The first-order valence-electron chi connectivity index (χ1n) is 7.78. The third-order valence-electron chi connectivity index (χ3n) is 5.24. The number of aliphatic hydroxyl groups is 1. The molecule has 1 rings (SSSR count). The molecule has 0 radical (unpaired) electrons. The molecule has 0 atom stereocenters. The van der Waals surface area contributed by atoms with Crippen molar-refractivity contribution >= 4 is 0 Å². The summed E-state index contributed by atoms with van der Waals surface area (Å²) in [6, 6.07) is 0. The molecule has 0 aliphatic carbocycles. The van der Waals surface area contributed by atoms with Crippen molar-refractivity contribution < 1.29 is 15.1 Å². The first-order chi connectivity index (χ1) is 9.04. The van der Waals surface area contributed by atoms with E-state index in [4.69, 9.17) is 15.1 Å². The number of hydrogen-bond acceptors (Lipinski definition) is 3. The molecular formula is C15H32NO3+. The molecule has 0 unspecified atom stereocenters. The van der Waals surface area contributed by atoms with Crippen LogP contribution in [0.5, 0.6) is 0 Å². The zero-order valence-electron chi connectivity index (χ0n) is 13.0. The SMILES string of the molecule is CCC1(CC)CC(OCCO)CC(CC)(CC)N1[OH2+]. The van der Waals surface area contributed by atoms with E-state index in [9.17, 15) is 0 Å². The van der Waals surface area contributed by atoms with Crippen molar-refractivity contribution in [2.75, 3.05) is 13.2 Å². The maximum absolute atomic E-state index is 8.97. The van der Waals surface area contributed by atoms with Crippen LogP contribution in [-0.2, 0) is 4.74 Å². The minimum Gasteiger partial charge on any atom is -0.394 e. The molecule has 0 spiro atoms. The van der Waals surface area contributed by atoms with Gasteiger partial charge in [0.05, 0.1) is 30.4 Å². The molecule has 1 heterocycles. The second-order valence-corrected chi connectivity index (χ2v) is 5.82. The lowest BCUT2D eigenvalue weighted by molar-refractivity contribution is -0.285. The molecule has 0 saturated carbocycles. The summed E-state index contributed by atoms with van der Waals surface area (Å²) in [5.74, 6) is 0. The minimum atomic E-state index is -0.0790.